The standard InChI is InChI=1S/C20H21FN4O/c1-26-18-5-3-2-4-16(18)10-12-22-20-23-13-11-19(25-20)24-14-15-6-8-17(21)9-7-15/h2-9,11,13H,10,12,14H2,1H3,(H2,22,23,24,25). The second kappa shape index (κ2) is 8.80. The predicted molar refractivity (Wildman–Crippen MR) is 101 cm³/mol. The minimum absolute atomic E-state index is 0.239. The van der Waals surface area contributed by atoms with Gasteiger partial charge in [0.2, 0.25) is 5.95 Å². The summed E-state index contributed by atoms with van der Waals surface area (Å²) in [6.45, 7) is 1.26. The number of ether oxygens (including phenoxy) is 1. The number of para-hydroxylation sites is 1. The van der Waals surface area contributed by atoms with Crippen molar-refractivity contribution in [3.63, 3.8) is 0 Å². The summed E-state index contributed by atoms with van der Waals surface area (Å²) in [6.07, 6.45) is 2.51. The van der Waals surface area contributed by atoms with E-state index in [1.165, 1.54) is 12.1 Å². The maximum absolute atomic E-state index is 12.9. The number of hydrogen-bond donors (Lipinski definition) is 2. The van der Waals surface area contributed by atoms with Gasteiger partial charge >= 0.3 is 0 Å². The molecule has 0 bridgehead atoms. The van der Waals surface area contributed by atoms with E-state index in [1.807, 2.05) is 24.3 Å². The zero-order chi connectivity index (χ0) is 18.2. The molecule has 0 atom stereocenters. The molecule has 5 nitrogen and oxygen atoms in total. The molecule has 0 fully saturated rings. The van der Waals surface area contributed by atoms with E-state index < -0.39 is 0 Å². The van der Waals surface area contributed by atoms with E-state index in [-0.39, 0.29) is 5.82 Å². The average Bonchev–Trinajstić information content (AvgIpc) is 2.68. The van der Waals surface area contributed by atoms with Crippen molar-refractivity contribution in [2.45, 2.75) is 13.0 Å². The Morgan fingerprint density at radius 2 is 1.81 bits per heavy atom. The Balaban J connectivity index is 1.53. The van der Waals surface area contributed by atoms with Crippen LogP contribution in [0.1, 0.15) is 11.1 Å². The molecule has 0 saturated carbocycles. The normalized spacial score (nSPS) is 10.4. The van der Waals surface area contributed by atoms with Crippen LogP contribution in [-0.4, -0.2) is 23.6 Å². The van der Waals surface area contributed by atoms with Gasteiger partial charge in [-0.2, -0.15) is 4.98 Å². The van der Waals surface area contributed by atoms with Crippen molar-refractivity contribution in [2.24, 2.45) is 0 Å². The summed E-state index contributed by atoms with van der Waals surface area (Å²) in [5.74, 6) is 1.91. The van der Waals surface area contributed by atoms with Gasteiger partial charge in [-0.25, -0.2) is 9.37 Å². The third-order valence-electron chi connectivity index (χ3n) is 3.91. The van der Waals surface area contributed by atoms with Crippen molar-refractivity contribution in [3.8, 4) is 5.75 Å². The molecule has 0 saturated heterocycles. The lowest BCUT2D eigenvalue weighted by Gasteiger charge is -2.10. The largest absolute Gasteiger partial charge is 0.496 e. The maximum atomic E-state index is 12.9. The SMILES string of the molecule is COc1ccccc1CCNc1nccc(NCc2ccc(F)cc2)n1. The van der Waals surface area contributed by atoms with Crippen molar-refractivity contribution in [2.75, 3.05) is 24.3 Å². The number of methoxy groups -OCH3 is 1. The van der Waals surface area contributed by atoms with Crippen LogP contribution in [0.5, 0.6) is 5.75 Å². The first kappa shape index (κ1) is 17.7. The number of halogens is 1. The number of aromatic nitrogens is 2. The fourth-order valence-corrected chi connectivity index (χ4v) is 2.56. The molecule has 26 heavy (non-hydrogen) atoms. The third-order valence-corrected chi connectivity index (χ3v) is 3.91. The average molecular weight is 352 g/mol. The van der Waals surface area contributed by atoms with Gasteiger partial charge in [0.05, 0.1) is 7.11 Å². The third kappa shape index (κ3) is 4.92. The zero-order valence-corrected chi connectivity index (χ0v) is 14.6. The number of nitrogens with zero attached hydrogens (tertiary/aromatic N) is 2. The van der Waals surface area contributed by atoms with Crippen LogP contribution in [0.4, 0.5) is 16.2 Å². The Morgan fingerprint density at radius 3 is 2.62 bits per heavy atom. The Hall–Kier alpha value is -3.15. The lowest BCUT2D eigenvalue weighted by molar-refractivity contribution is 0.410. The first-order chi connectivity index (χ1) is 12.7. The zero-order valence-electron chi connectivity index (χ0n) is 14.6. The van der Waals surface area contributed by atoms with Crippen molar-refractivity contribution < 1.29 is 9.13 Å². The van der Waals surface area contributed by atoms with Crippen LogP contribution < -0.4 is 15.4 Å². The summed E-state index contributed by atoms with van der Waals surface area (Å²) >= 11 is 0. The van der Waals surface area contributed by atoms with E-state index in [2.05, 4.69) is 20.6 Å². The molecule has 1 heterocycles. The molecule has 0 amide bonds. The lowest BCUT2D eigenvalue weighted by atomic mass is 10.1. The van der Waals surface area contributed by atoms with Crippen LogP contribution in [0.2, 0.25) is 0 Å². The van der Waals surface area contributed by atoms with Crippen LogP contribution in [-0.2, 0) is 13.0 Å². The summed E-state index contributed by atoms with van der Waals surface area (Å²) in [4.78, 5) is 8.68. The second-order valence-electron chi connectivity index (χ2n) is 5.73. The molecule has 0 radical (unpaired) electrons. The second-order valence-corrected chi connectivity index (χ2v) is 5.73. The Labute approximate surface area is 152 Å². The maximum Gasteiger partial charge on any atom is 0.224 e. The highest BCUT2D eigenvalue weighted by atomic mass is 19.1. The number of anilines is 2. The summed E-state index contributed by atoms with van der Waals surface area (Å²) in [5.41, 5.74) is 2.11. The van der Waals surface area contributed by atoms with Gasteiger partial charge < -0.3 is 15.4 Å². The van der Waals surface area contributed by atoms with Crippen molar-refractivity contribution >= 4 is 11.8 Å². The number of rotatable bonds is 8. The minimum Gasteiger partial charge on any atom is -0.496 e. The fraction of sp³-hybridized carbons (Fsp3) is 0.200. The van der Waals surface area contributed by atoms with Gasteiger partial charge in [0.25, 0.3) is 0 Å². The summed E-state index contributed by atoms with van der Waals surface area (Å²) < 4.78 is 18.3. The molecule has 2 N–H and O–H groups in total. The van der Waals surface area contributed by atoms with E-state index in [0.29, 0.717) is 24.9 Å². The van der Waals surface area contributed by atoms with Crippen LogP contribution in [0.15, 0.2) is 60.8 Å². The summed E-state index contributed by atoms with van der Waals surface area (Å²) in [5, 5.41) is 6.44. The van der Waals surface area contributed by atoms with E-state index >= 15 is 0 Å². The van der Waals surface area contributed by atoms with Gasteiger partial charge in [-0.05, 0) is 41.8 Å². The highest BCUT2D eigenvalue weighted by Gasteiger charge is 2.03. The van der Waals surface area contributed by atoms with Crippen molar-refractivity contribution in [1.82, 2.24) is 9.97 Å². The van der Waals surface area contributed by atoms with Gasteiger partial charge in [0.15, 0.2) is 0 Å². The summed E-state index contributed by atoms with van der Waals surface area (Å²) in [7, 11) is 1.67. The van der Waals surface area contributed by atoms with E-state index in [0.717, 1.165) is 23.3 Å². The predicted octanol–water partition coefficient (Wildman–Crippen LogP) is 3.89. The highest BCUT2D eigenvalue weighted by molar-refractivity contribution is 5.41. The van der Waals surface area contributed by atoms with Crippen molar-refractivity contribution in [1.29, 1.82) is 0 Å². The monoisotopic (exact) mass is 352 g/mol. The van der Waals surface area contributed by atoms with Gasteiger partial charge in [0, 0.05) is 19.3 Å². The minimum atomic E-state index is -0.239. The number of hydrogen-bond acceptors (Lipinski definition) is 5. The van der Waals surface area contributed by atoms with Crippen LogP contribution in [0.3, 0.4) is 0 Å². The molecule has 0 aliphatic heterocycles. The van der Waals surface area contributed by atoms with Gasteiger partial charge in [-0.3, -0.25) is 0 Å². The number of benzene rings is 2. The van der Waals surface area contributed by atoms with Crippen LogP contribution >= 0.6 is 0 Å². The van der Waals surface area contributed by atoms with E-state index in [9.17, 15) is 4.39 Å². The number of nitrogens with one attached hydrogen (secondary N) is 2. The van der Waals surface area contributed by atoms with Crippen LogP contribution in [0, 0.1) is 5.82 Å². The van der Waals surface area contributed by atoms with Gasteiger partial charge in [-0.15, -0.1) is 0 Å². The highest BCUT2D eigenvalue weighted by Crippen LogP contribution is 2.17. The molecule has 0 aliphatic rings. The molecule has 6 heteroatoms. The lowest BCUT2D eigenvalue weighted by Crippen LogP contribution is -2.10. The Kier molecular flexibility index (Phi) is 5.98. The molecule has 2 aromatic carbocycles. The molecule has 1 aromatic heterocycles. The smallest absolute Gasteiger partial charge is 0.224 e. The molecular formula is C20H21FN4O. The van der Waals surface area contributed by atoms with Gasteiger partial charge in [-0.1, -0.05) is 30.3 Å². The van der Waals surface area contributed by atoms with E-state index in [1.54, 1.807) is 31.5 Å². The molecule has 0 spiro atoms. The molecule has 0 unspecified atom stereocenters. The summed E-state index contributed by atoms with van der Waals surface area (Å²) in [6, 6.07) is 16.1. The molecule has 3 rings (SSSR count). The molecular weight excluding hydrogens is 331 g/mol. The quantitative estimate of drug-likeness (QED) is 0.644. The topological polar surface area (TPSA) is 59.1 Å². The van der Waals surface area contributed by atoms with Crippen molar-refractivity contribution in [3.05, 3.63) is 77.7 Å². The molecule has 0 aliphatic carbocycles. The van der Waals surface area contributed by atoms with E-state index in [4.69, 9.17) is 4.74 Å². The van der Waals surface area contributed by atoms with Gasteiger partial charge in [0.1, 0.15) is 17.4 Å². The first-order valence-electron chi connectivity index (χ1n) is 8.42. The first-order valence-corrected chi connectivity index (χ1v) is 8.42. The Bertz CT molecular complexity index is 839. The fourth-order valence-electron chi connectivity index (χ4n) is 2.56. The Morgan fingerprint density at radius 1 is 1.00 bits per heavy atom. The van der Waals surface area contributed by atoms with Crippen LogP contribution in [0.25, 0.3) is 0 Å². The molecule has 134 valence electrons. The molecule has 3 aromatic rings.